The summed E-state index contributed by atoms with van der Waals surface area (Å²) in [6.45, 7) is 0. The molecule has 0 unspecified atom stereocenters. The van der Waals surface area contributed by atoms with E-state index < -0.39 is 16.9 Å². The summed E-state index contributed by atoms with van der Waals surface area (Å²) in [5.74, 6) is -2.80. The van der Waals surface area contributed by atoms with E-state index in [4.69, 9.17) is 8.83 Å². The van der Waals surface area contributed by atoms with E-state index in [2.05, 4.69) is 0 Å². The van der Waals surface area contributed by atoms with Crippen LogP contribution in [0.5, 0.6) is 51.7 Å². The summed E-state index contributed by atoms with van der Waals surface area (Å²) in [5.41, 5.74) is -0.0114. The molecular formula is C30H21O12+. The van der Waals surface area contributed by atoms with Crippen molar-refractivity contribution in [1.82, 2.24) is 0 Å². The van der Waals surface area contributed by atoms with Crippen molar-refractivity contribution in [2.45, 2.75) is 0 Å². The largest absolute Gasteiger partial charge is 0.508 e. The summed E-state index contributed by atoms with van der Waals surface area (Å²) in [6.07, 6.45) is 0. The van der Waals surface area contributed by atoms with Crippen molar-refractivity contribution in [1.29, 1.82) is 0 Å². The number of aromatic hydroxyl groups is 9. The zero-order valence-electron chi connectivity index (χ0n) is 21.2. The monoisotopic (exact) mass is 573 g/mol. The summed E-state index contributed by atoms with van der Waals surface area (Å²) in [6, 6.07) is 15.4. The lowest BCUT2D eigenvalue weighted by Gasteiger charge is -2.07. The molecule has 0 aliphatic heterocycles. The molecule has 2 aromatic heterocycles. The van der Waals surface area contributed by atoms with Crippen molar-refractivity contribution in [3.05, 3.63) is 83.0 Å². The fourth-order valence-electron chi connectivity index (χ4n) is 4.15. The molecule has 4 aromatic carbocycles. The van der Waals surface area contributed by atoms with Gasteiger partial charge in [-0.1, -0.05) is 0 Å². The Morgan fingerprint density at radius 2 is 1.19 bits per heavy atom. The number of fused-ring (bicyclic) bond motifs is 2. The standard InChI is InChI=1S/2C15H10O6/c16-8-3-1-7(2-4-8)15-14(20)13(19)12-10(18)5-9(17)6-11(12)21-15;16-8-4-11(18)9-6-13(20)15(21-14(9)5-8)7-1-2-10(17)12(19)3-7/h1-6,16-18,20H;1-6H,(H4-,16,17,18,19,20)/p+1. The van der Waals surface area contributed by atoms with Gasteiger partial charge in [-0.15, -0.1) is 0 Å². The van der Waals surface area contributed by atoms with Gasteiger partial charge in [0.2, 0.25) is 16.9 Å². The minimum atomic E-state index is -0.808. The zero-order chi connectivity index (χ0) is 30.3. The van der Waals surface area contributed by atoms with Gasteiger partial charge in [0.05, 0.1) is 11.6 Å². The maximum Gasteiger partial charge on any atom is 0.402 e. The van der Waals surface area contributed by atoms with E-state index in [0.29, 0.717) is 11.1 Å². The second-order valence-electron chi connectivity index (χ2n) is 9.03. The van der Waals surface area contributed by atoms with Gasteiger partial charge in [0.15, 0.2) is 17.3 Å². The van der Waals surface area contributed by atoms with E-state index in [1.807, 2.05) is 0 Å². The molecule has 9 N–H and O–H groups in total. The number of phenols is 7. The Morgan fingerprint density at radius 3 is 1.88 bits per heavy atom. The molecular weight excluding hydrogens is 552 g/mol. The molecule has 0 saturated carbocycles. The molecule has 6 aromatic rings. The molecule has 0 fully saturated rings. The molecule has 0 bridgehead atoms. The van der Waals surface area contributed by atoms with E-state index in [0.717, 1.165) is 12.1 Å². The Balaban J connectivity index is 0.000000168. The van der Waals surface area contributed by atoms with Gasteiger partial charge in [-0.3, -0.25) is 4.79 Å². The van der Waals surface area contributed by atoms with Gasteiger partial charge in [0.1, 0.15) is 45.1 Å². The highest BCUT2D eigenvalue weighted by Gasteiger charge is 2.24. The van der Waals surface area contributed by atoms with Gasteiger partial charge in [0.25, 0.3) is 0 Å². The molecule has 0 atom stereocenters. The topological polar surface area (TPSA) is 224 Å². The summed E-state index contributed by atoms with van der Waals surface area (Å²) in [4.78, 5) is 12.1. The SMILES string of the molecule is O=c1c(O)c(-c2ccc(O)cc2)oc2cc(O)cc(O)c12.Oc1cc(O)c2cc(O)c(-c3ccc(O)c(O)c3)[o+]c2c1. The van der Waals surface area contributed by atoms with Crippen molar-refractivity contribution >= 4 is 21.9 Å². The molecule has 0 aliphatic rings. The predicted molar refractivity (Wildman–Crippen MR) is 149 cm³/mol. The highest BCUT2D eigenvalue weighted by atomic mass is 16.4. The van der Waals surface area contributed by atoms with Crippen LogP contribution in [0.1, 0.15) is 0 Å². The number of hydrogen-bond acceptors (Lipinski definition) is 11. The Morgan fingerprint density at radius 1 is 0.548 bits per heavy atom. The van der Waals surface area contributed by atoms with E-state index in [-0.39, 0.29) is 73.7 Å². The van der Waals surface area contributed by atoms with Crippen molar-refractivity contribution in [3.63, 3.8) is 0 Å². The first kappa shape index (κ1) is 27.3. The number of hydrogen-bond donors (Lipinski definition) is 9. The quantitative estimate of drug-likeness (QED) is 0.0964. The van der Waals surface area contributed by atoms with E-state index in [1.165, 1.54) is 60.7 Å². The predicted octanol–water partition coefficient (Wildman–Crippen LogP) is 5.19. The summed E-state index contributed by atoms with van der Waals surface area (Å²) >= 11 is 0. The molecule has 12 nitrogen and oxygen atoms in total. The third kappa shape index (κ3) is 5.02. The second kappa shape index (κ2) is 10.4. The Bertz CT molecular complexity index is 2050. The summed E-state index contributed by atoms with van der Waals surface area (Å²) in [5, 5.41) is 86.4. The molecule has 0 spiro atoms. The smallest absolute Gasteiger partial charge is 0.402 e. The van der Waals surface area contributed by atoms with Crippen molar-refractivity contribution < 1.29 is 54.8 Å². The first-order chi connectivity index (χ1) is 19.9. The molecule has 212 valence electrons. The van der Waals surface area contributed by atoms with Gasteiger partial charge in [-0.05, 0) is 36.4 Å². The molecule has 2 heterocycles. The van der Waals surface area contributed by atoms with Crippen molar-refractivity contribution in [2.24, 2.45) is 0 Å². The second-order valence-corrected chi connectivity index (χ2v) is 9.03. The molecule has 0 aliphatic carbocycles. The van der Waals surface area contributed by atoms with Crippen LogP contribution in [-0.2, 0) is 0 Å². The van der Waals surface area contributed by atoms with E-state index in [9.17, 15) is 50.8 Å². The number of rotatable bonds is 2. The lowest BCUT2D eigenvalue weighted by atomic mass is 10.1. The average molecular weight is 573 g/mol. The average Bonchev–Trinajstić information content (AvgIpc) is 2.93. The molecule has 6 rings (SSSR count). The van der Waals surface area contributed by atoms with Crippen LogP contribution in [0.2, 0.25) is 0 Å². The van der Waals surface area contributed by atoms with Crippen LogP contribution in [0, 0.1) is 0 Å². The van der Waals surface area contributed by atoms with E-state index in [1.54, 1.807) is 0 Å². The maximum atomic E-state index is 12.1. The normalized spacial score (nSPS) is 10.9. The summed E-state index contributed by atoms with van der Waals surface area (Å²) in [7, 11) is 0. The van der Waals surface area contributed by atoms with Crippen molar-refractivity contribution in [2.75, 3.05) is 0 Å². The fraction of sp³-hybridized carbons (Fsp3) is 0. The highest BCUT2D eigenvalue weighted by molar-refractivity contribution is 5.89. The first-order valence-corrected chi connectivity index (χ1v) is 12.0. The number of phenolic OH excluding ortho intramolecular Hbond substituents is 7. The molecule has 12 heteroatoms. The van der Waals surface area contributed by atoms with Crippen LogP contribution in [-0.4, -0.2) is 46.0 Å². The molecule has 0 radical (unpaired) electrons. The summed E-state index contributed by atoms with van der Waals surface area (Å²) < 4.78 is 10.9. The molecule has 42 heavy (non-hydrogen) atoms. The minimum Gasteiger partial charge on any atom is -0.508 e. The number of benzene rings is 4. The Kier molecular flexibility index (Phi) is 6.72. The maximum absolute atomic E-state index is 12.1. The van der Waals surface area contributed by atoms with E-state index >= 15 is 0 Å². The van der Waals surface area contributed by atoms with Gasteiger partial charge in [-0.25, -0.2) is 4.42 Å². The lowest BCUT2D eigenvalue weighted by molar-refractivity contribution is 0.403. The molecule has 0 amide bonds. The Labute approximate surface area is 234 Å². The van der Waals surface area contributed by atoms with Crippen LogP contribution >= 0.6 is 0 Å². The van der Waals surface area contributed by atoms with Crippen molar-refractivity contribution in [3.8, 4) is 74.4 Å². The third-order valence-electron chi connectivity index (χ3n) is 6.13. The molecule has 0 saturated heterocycles. The van der Waals surface area contributed by atoms with Gasteiger partial charge >= 0.3 is 11.3 Å². The minimum absolute atomic E-state index is 0.0247. The fourth-order valence-corrected chi connectivity index (χ4v) is 4.15. The van der Waals surface area contributed by atoms with Gasteiger partial charge < -0.3 is 50.4 Å². The van der Waals surface area contributed by atoms with Crippen LogP contribution in [0.15, 0.2) is 86.4 Å². The van der Waals surface area contributed by atoms with Crippen LogP contribution < -0.4 is 5.43 Å². The van der Waals surface area contributed by atoms with Crippen LogP contribution in [0.4, 0.5) is 0 Å². The first-order valence-electron chi connectivity index (χ1n) is 12.0. The highest BCUT2D eigenvalue weighted by Crippen LogP contribution is 2.40. The zero-order valence-corrected chi connectivity index (χ0v) is 21.2. The third-order valence-corrected chi connectivity index (χ3v) is 6.13. The van der Waals surface area contributed by atoms with Crippen LogP contribution in [0.3, 0.4) is 0 Å². The lowest BCUT2D eigenvalue weighted by Crippen LogP contribution is -2.02. The van der Waals surface area contributed by atoms with Crippen LogP contribution in [0.25, 0.3) is 44.6 Å². The Hall–Kier alpha value is -6.30. The van der Waals surface area contributed by atoms with Gasteiger partial charge in [0, 0.05) is 35.9 Å². The van der Waals surface area contributed by atoms with Gasteiger partial charge in [-0.2, -0.15) is 0 Å².